The molecule has 0 aromatic carbocycles. The van der Waals surface area contributed by atoms with Gasteiger partial charge in [-0.2, -0.15) is 0 Å². The Labute approximate surface area is 141 Å². The summed E-state index contributed by atoms with van der Waals surface area (Å²) in [4.78, 5) is 21.8. The van der Waals surface area contributed by atoms with Crippen molar-refractivity contribution in [3.05, 3.63) is 0 Å². The van der Waals surface area contributed by atoms with Crippen LogP contribution in [0, 0.1) is 5.41 Å². The quantitative estimate of drug-likeness (QED) is 0.478. The number of nitrogens with zero attached hydrogens (tertiary/aromatic N) is 1. The Morgan fingerprint density at radius 3 is 2.14 bits per heavy atom. The van der Waals surface area contributed by atoms with Gasteiger partial charge in [0.1, 0.15) is 0 Å². The van der Waals surface area contributed by atoms with E-state index in [4.69, 9.17) is 9.26 Å². The highest BCUT2D eigenvalue weighted by Gasteiger charge is 2.24. The number of carbonyl (C=O) groups is 1. The Kier molecular flexibility index (Phi) is 11.1. The van der Waals surface area contributed by atoms with Gasteiger partial charge in [0.2, 0.25) is 0 Å². The van der Waals surface area contributed by atoms with E-state index in [0.717, 1.165) is 0 Å². The molecule has 0 amide bonds. The van der Waals surface area contributed by atoms with Gasteiger partial charge in [0.25, 0.3) is 8.53 Å². The lowest BCUT2D eigenvalue weighted by molar-refractivity contribution is -0.117. The maximum absolute atomic E-state index is 11.7. The topological polar surface area (TPSA) is 59.0 Å². The molecule has 0 fully saturated rings. The molecule has 0 aliphatic heterocycles. The van der Waals surface area contributed by atoms with E-state index < -0.39 is 8.53 Å². The summed E-state index contributed by atoms with van der Waals surface area (Å²) in [6, 6.07) is 0.466. The molecule has 0 saturated heterocycles. The van der Waals surface area contributed by atoms with Crippen LogP contribution in [0.4, 0.5) is 0 Å². The van der Waals surface area contributed by atoms with Crippen molar-refractivity contribution < 1.29 is 18.9 Å². The molecule has 0 bridgehead atoms. The summed E-state index contributed by atoms with van der Waals surface area (Å²) < 4.78 is 12.8. The van der Waals surface area contributed by atoms with Gasteiger partial charge in [-0.3, -0.25) is 4.79 Å². The third-order valence-corrected chi connectivity index (χ3v) is 5.74. The van der Waals surface area contributed by atoms with Crippen molar-refractivity contribution in [3.63, 3.8) is 0 Å². The van der Waals surface area contributed by atoms with Crippen LogP contribution in [-0.2, 0) is 14.1 Å². The van der Waals surface area contributed by atoms with E-state index in [1.54, 1.807) is 0 Å². The molecule has 0 saturated carbocycles. The number of ether oxygens (including phenoxy) is 1. The van der Waals surface area contributed by atoms with Crippen molar-refractivity contribution in [3.8, 4) is 0 Å². The van der Waals surface area contributed by atoms with Crippen LogP contribution in [0.2, 0.25) is 0 Å². The third kappa shape index (κ3) is 9.43. The molecule has 0 rings (SSSR count). The van der Waals surface area contributed by atoms with Crippen molar-refractivity contribution in [1.29, 1.82) is 0 Å². The summed E-state index contributed by atoms with van der Waals surface area (Å²) >= 11 is 1.30. The molecular formula is C15H32NO4PS. The van der Waals surface area contributed by atoms with Crippen molar-refractivity contribution in [2.45, 2.75) is 60.5 Å². The molecule has 132 valence electrons. The monoisotopic (exact) mass is 353 g/mol. The van der Waals surface area contributed by atoms with Crippen LogP contribution in [0.1, 0.15) is 48.5 Å². The van der Waals surface area contributed by atoms with E-state index >= 15 is 0 Å². The fourth-order valence-corrected chi connectivity index (χ4v) is 3.73. The first-order valence-corrected chi connectivity index (χ1v) is 9.87. The first-order chi connectivity index (χ1) is 10.1. The van der Waals surface area contributed by atoms with E-state index in [9.17, 15) is 9.69 Å². The lowest BCUT2D eigenvalue weighted by Crippen LogP contribution is -2.33. The average Bonchev–Trinajstić information content (AvgIpc) is 2.35. The molecule has 0 spiro atoms. The van der Waals surface area contributed by atoms with Crippen LogP contribution < -0.4 is 0 Å². The van der Waals surface area contributed by atoms with Crippen molar-refractivity contribution in [2.75, 3.05) is 25.6 Å². The predicted molar refractivity (Wildman–Crippen MR) is 94.9 cm³/mol. The van der Waals surface area contributed by atoms with Crippen molar-refractivity contribution >= 4 is 25.4 Å². The van der Waals surface area contributed by atoms with E-state index in [1.807, 2.05) is 53.1 Å². The average molecular weight is 353 g/mol. The Morgan fingerprint density at radius 1 is 1.14 bits per heavy atom. The van der Waals surface area contributed by atoms with Crippen LogP contribution in [-0.4, -0.2) is 52.3 Å². The standard InChI is InChI=1S/C15H32NO4PS/c1-12(2)16(13(3)4)21(18)20-9-8-19-10-11-22-14(17)15(5,6)7/h12-13,18H,8-11H2,1-7H3. The van der Waals surface area contributed by atoms with Gasteiger partial charge in [-0.15, -0.1) is 0 Å². The summed E-state index contributed by atoms with van der Waals surface area (Å²) in [6.07, 6.45) is 0. The van der Waals surface area contributed by atoms with E-state index in [2.05, 4.69) is 0 Å². The van der Waals surface area contributed by atoms with Crippen LogP contribution in [0.3, 0.4) is 0 Å². The first kappa shape index (κ1) is 22.3. The minimum Gasteiger partial charge on any atom is -0.378 e. The summed E-state index contributed by atoms with van der Waals surface area (Å²) in [5.41, 5.74) is -0.308. The van der Waals surface area contributed by atoms with Gasteiger partial charge >= 0.3 is 0 Å². The van der Waals surface area contributed by atoms with E-state index in [-0.39, 0.29) is 22.6 Å². The highest BCUT2D eigenvalue weighted by Crippen LogP contribution is 2.40. The third-order valence-electron chi connectivity index (χ3n) is 2.76. The van der Waals surface area contributed by atoms with Gasteiger partial charge in [0.05, 0.1) is 19.8 Å². The van der Waals surface area contributed by atoms with E-state index in [0.29, 0.717) is 25.6 Å². The molecule has 0 aliphatic rings. The largest absolute Gasteiger partial charge is 0.378 e. The maximum Gasteiger partial charge on any atom is 0.256 e. The second kappa shape index (κ2) is 11.0. The van der Waals surface area contributed by atoms with Gasteiger partial charge in [-0.05, 0) is 27.7 Å². The van der Waals surface area contributed by atoms with Crippen LogP contribution in [0.15, 0.2) is 0 Å². The normalized spacial score (nSPS) is 14.1. The Balaban J connectivity index is 3.75. The van der Waals surface area contributed by atoms with E-state index in [1.165, 1.54) is 11.8 Å². The molecule has 0 aliphatic carbocycles. The molecule has 22 heavy (non-hydrogen) atoms. The zero-order valence-corrected chi connectivity index (χ0v) is 16.7. The summed E-state index contributed by atoms with van der Waals surface area (Å²) in [7, 11) is -1.58. The number of hydrogen-bond acceptors (Lipinski definition) is 6. The van der Waals surface area contributed by atoms with Gasteiger partial charge in [-0.1, -0.05) is 32.5 Å². The van der Waals surface area contributed by atoms with Gasteiger partial charge in [-0.25, -0.2) is 4.67 Å². The maximum atomic E-state index is 11.7. The molecule has 7 heteroatoms. The van der Waals surface area contributed by atoms with Crippen LogP contribution in [0.5, 0.6) is 0 Å². The molecule has 1 unspecified atom stereocenters. The SMILES string of the molecule is CC(C)N(C(C)C)P(O)OCCOCCSC(=O)C(C)(C)C. The second-order valence-corrected chi connectivity index (χ2v) is 8.95. The molecule has 0 aromatic heterocycles. The predicted octanol–water partition coefficient (Wildman–Crippen LogP) is 3.66. The Morgan fingerprint density at radius 2 is 1.68 bits per heavy atom. The van der Waals surface area contributed by atoms with Crippen molar-refractivity contribution in [1.82, 2.24) is 4.67 Å². The molecule has 1 N–H and O–H groups in total. The van der Waals surface area contributed by atoms with Crippen LogP contribution in [0.25, 0.3) is 0 Å². The molecule has 0 aromatic rings. The van der Waals surface area contributed by atoms with Gasteiger partial charge in [0, 0.05) is 23.3 Å². The highest BCUT2D eigenvalue weighted by atomic mass is 32.2. The number of thioether (sulfide) groups is 1. The zero-order chi connectivity index (χ0) is 17.3. The number of rotatable bonds is 10. The minimum absolute atomic E-state index is 0.177. The van der Waals surface area contributed by atoms with Crippen molar-refractivity contribution in [2.24, 2.45) is 5.41 Å². The lowest BCUT2D eigenvalue weighted by Gasteiger charge is -2.32. The summed E-state index contributed by atoms with van der Waals surface area (Å²) in [6.45, 7) is 15.2. The summed E-state index contributed by atoms with van der Waals surface area (Å²) in [5, 5.41) is 0.177. The van der Waals surface area contributed by atoms with Gasteiger partial charge in [0.15, 0.2) is 5.12 Å². The lowest BCUT2D eigenvalue weighted by atomic mass is 10.00. The fraction of sp³-hybridized carbons (Fsp3) is 0.933. The molecule has 0 heterocycles. The molecule has 1 atom stereocenters. The molecule has 0 radical (unpaired) electrons. The smallest absolute Gasteiger partial charge is 0.256 e. The van der Waals surface area contributed by atoms with Gasteiger partial charge < -0.3 is 14.2 Å². The molecule has 5 nitrogen and oxygen atoms in total. The minimum atomic E-state index is -1.58. The Bertz CT molecular complexity index is 313. The second-order valence-electron chi connectivity index (χ2n) is 6.65. The highest BCUT2D eigenvalue weighted by molar-refractivity contribution is 8.13. The number of hydrogen-bond donors (Lipinski definition) is 1. The summed E-state index contributed by atoms with van der Waals surface area (Å²) in [5.74, 6) is 0.647. The zero-order valence-electron chi connectivity index (χ0n) is 15.0. The Hall–Kier alpha value is 0.290. The number of carbonyl (C=O) groups excluding carboxylic acids is 1. The molecular weight excluding hydrogens is 321 g/mol. The first-order valence-electron chi connectivity index (χ1n) is 7.72. The van der Waals surface area contributed by atoms with Crippen LogP contribution >= 0.6 is 20.3 Å². The fourth-order valence-electron chi connectivity index (χ4n) is 1.75.